The van der Waals surface area contributed by atoms with Crippen LogP contribution >= 0.6 is 11.6 Å². The Morgan fingerprint density at radius 1 is 1.18 bits per heavy atom. The molecular weight excluding hydrogens is 400 g/mol. The second-order valence-corrected chi connectivity index (χ2v) is 10.8. The minimum Gasteiger partial charge on any atom is -0.377 e. The van der Waals surface area contributed by atoms with E-state index in [0.29, 0.717) is 18.1 Å². The summed E-state index contributed by atoms with van der Waals surface area (Å²) in [6.45, 7) is 3.87. The van der Waals surface area contributed by atoms with Crippen molar-refractivity contribution in [2.75, 3.05) is 43.9 Å². The summed E-state index contributed by atoms with van der Waals surface area (Å²) in [5.74, 6) is 3.17. The molecule has 0 bridgehead atoms. The standard InChI is InChI=1S/C19H29ClN4O3S/c1-28(25,26)24-8-4-17(13-24)27-9-5-15-10-18(15)14-2-6-23(7-3-14)19-21-11-16(20)12-22-19/h11-12,14-15,17-18H,2-10,13H2,1H3/t15-,17-,18-/m1/s1. The molecule has 3 fully saturated rings. The fourth-order valence-corrected chi connectivity index (χ4v) is 5.67. The Bertz CT molecular complexity index is 768. The van der Waals surface area contributed by atoms with Crippen molar-refractivity contribution in [1.29, 1.82) is 0 Å². The molecule has 0 radical (unpaired) electrons. The zero-order valence-electron chi connectivity index (χ0n) is 16.3. The van der Waals surface area contributed by atoms with Gasteiger partial charge in [0.1, 0.15) is 0 Å². The van der Waals surface area contributed by atoms with Gasteiger partial charge >= 0.3 is 0 Å². The van der Waals surface area contributed by atoms with Crippen LogP contribution in [0.5, 0.6) is 0 Å². The number of halogens is 1. The van der Waals surface area contributed by atoms with Crippen LogP contribution < -0.4 is 4.90 Å². The van der Waals surface area contributed by atoms with Crippen molar-refractivity contribution < 1.29 is 13.2 Å². The van der Waals surface area contributed by atoms with Gasteiger partial charge in [0.15, 0.2) is 0 Å². The summed E-state index contributed by atoms with van der Waals surface area (Å²) < 4.78 is 30.6. The van der Waals surface area contributed by atoms with E-state index in [4.69, 9.17) is 16.3 Å². The third-order valence-electron chi connectivity index (χ3n) is 6.43. The van der Waals surface area contributed by atoms with E-state index in [0.717, 1.165) is 56.2 Å². The third-order valence-corrected chi connectivity index (χ3v) is 7.90. The number of rotatable bonds is 7. The lowest BCUT2D eigenvalue weighted by atomic mass is 9.90. The van der Waals surface area contributed by atoms with Crippen molar-refractivity contribution in [3.8, 4) is 0 Å². The normalized spacial score (nSPS) is 29.4. The maximum atomic E-state index is 11.6. The molecule has 4 rings (SSSR count). The fourth-order valence-electron chi connectivity index (χ4n) is 4.70. The number of anilines is 1. The first-order valence-electron chi connectivity index (χ1n) is 10.2. The first-order chi connectivity index (χ1) is 13.4. The monoisotopic (exact) mass is 428 g/mol. The molecule has 2 saturated heterocycles. The minimum atomic E-state index is -3.08. The van der Waals surface area contributed by atoms with Gasteiger partial charge in [0.25, 0.3) is 0 Å². The molecule has 3 aliphatic rings. The van der Waals surface area contributed by atoms with Crippen molar-refractivity contribution in [3.05, 3.63) is 17.4 Å². The molecule has 1 saturated carbocycles. The number of ether oxygens (including phenoxy) is 1. The number of hydrogen-bond acceptors (Lipinski definition) is 6. The molecular formula is C19H29ClN4O3S. The molecule has 0 spiro atoms. The van der Waals surface area contributed by atoms with Gasteiger partial charge in [0, 0.05) is 32.8 Å². The smallest absolute Gasteiger partial charge is 0.225 e. The van der Waals surface area contributed by atoms with Crippen LogP contribution in [0.3, 0.4) is 0 Å². The number of aromatic nitrogens is 2. The molecule has 0 amide bonds. The van der Waals surface area contributed by atoms with E-state index in [2.05, 4.69) is 14.9 Å². The SMILES string of the molecule is CS(=O)(=O)N1CC[C@@H](OCC[C@@H]2C[C@@H]2C2CCN(c3ncc(Cl)cn3)CC2)C1. The lowest BCUT2D eigenvalue weighted by Crippen LogP contribution is -2.35. The van der Waals surface area contributed by atoms with Gasteiger partial charge in [-0.1, -0.05) is 11.6 Å². The van der Waals surface area contributed by atoms with Crippen molar-refractivity contribution in [2.24, 2.45) is 17.8 Å². The molecule has 0 aromatic carbocycles. The summed E-state index contributed by atoms with van der Waals surface area (Å²) in [5, 5.41) is 0.573. The quantitative estimate of drug-likeness (QED) is 0.663. The highest BCUT2D eigenvalue weighted by molar-refractivity contribution is 7.88. The van der Waals surface area contributed by atoms with Crippen LogP contribution in [0.15, 0.2) is 12.4 Å². The predicted octanol–water partition coefficient (Wildman–Crippen LogP) is 2.42. The van der Waals surface area contributed by atoms with E-state index in [1.807, 2.05) is 0 Å². The lowest BCUT2D eigenvalue weighted by Gasteiger charge is -2.32. The molecule has 1 aliphatic carbocycles. The highest BCUT2D eigenvalue weighted by Gasteiger charge is 2.43. The van der Waals surface area contributed by atoms with Crippen LogP contribution in [0.25, 0.3) is 0 Å². The number of sulfonamides is 1. The van der Waals surface area contributed by atoms with E-state index in [1.54, 1.807) is 12.4 Å². The maximum absolute atomic E-state index is 11.6. The fraction of sp³-hybridized carbons (Fsp3) is 0.789. The first kappa shape index (κ1) is 20.3. The van der Waals surface area contributed by atoms with Gasteiger partial charge in [0.05, 0.1) is 29.8 Å². The second-order valence-electron chi connectivity index (χ2n) is 8.38. The van der Waals surface area contributed by atoms with Crippen molar-refractivity contribution in [3.63, 3.8) is 0 Å². The molecule has 28 heavy (non-hydrogen) atoms. The Morgan fingerprint density at radius 2 is 1.89 bits per heavy atom. The van der Waals surface area contributed by atoms with Crippen LogP contribution in [-0.4, -0.2) is 67.8 Å². The van der Waals surface area contributed by atoms with Gasteiger partial charge in [-0.3, -0.25) is 0 Å². The van der Waals surface area contributed by atoms with E-state index < -0.39 is 10.0 Å². The van der Waals surface area contributed by atoms with Crippen LogP contribution in [0, 0.1) is 17.8 Å². The van der Waals surface area contributed by atoms with Crippen LogP contribution in [0.2, 0.25) is 5.02 Å². The molecule has 3 heterocycles. The summed E-state index contributed by atoms with van der Waals surface area (Å²) >= 11 is 5.87. The van der Waals surface area contributed by atoms with Crippen LogP contribution in [0.1, 0.15) is 32.1 Å². The zero-order chi connectivity index (χ0) is 19.7. The van der Waals surface area contributed by atoms with Crippen LogP contribution in [0.4, 0.5) is 5.95 Å². The highest BCUT2D eigenvalue weighted by Crippen LogP contribution is 2.49. The topological polar surface area (TPSA) is 75.6 Å². The summed E-state index contributed by atoms with van der Waals surface area (Å²) in [6, 6.07) is 0. The maximum Gasteiger partial charge on any atom is 0.225 e. The van der Waals surface area contributed by atoms with Gasteiger partial charge < -0.3 is 9.64 Å². The summed E-state index contributed by atoms with van der Waals surface area (Å²) in [7, 11) is -3.08. The largest absolute Gasteiger partial charge is 0.377 e. The Morgan fingerprint density at radius 3 is 2.54 bits per heavy atom. The third kappa shape index (κ3) is 4.96. The molecule has 0 N–H and O–H groups in total. The van der Waals surface area contributed by atoms with Gasteiger partial charge in [0.2, 0.25) is 16.0 Å². The number of nitrogens with zero attached hydrogens (tertiary/aromatic N) is 4. The number of piperidine rings is 1. The summed E-state index contributed by atoms with van der Waals surface area (Å²) in [6.07, 6.45) is 10.3. The average molecular weight is 429 g/mol. The van der Waals surface area contributed by atoms with Gasteiger partial charge in [-0.25, -0.2) is 18.4 Å². The molecule has 7 nitrogen and oxygen atoms in total. The molecule has 156 valence electrons. The van der Waals surface area contributed by atoms with Gasteiger partial charge in [-0.05, 0) is 49.9 Å². The Balaban J connectivity index is 1.14. The molecule has 0 unspecified atom stereocenters. The van der Waals surface area contributed by atoms with E-state index in [9.17, 15) is 8.42 Å². The minimum absolute atomic E-state index is 0.0644. The number of hydrogen-bond donors (Lipinski definition) is 0. The van der Waals surface area contributed by atoms with Crippen molar-refractivity contribution in [2.45, 2.75) is 38.2 Å². The molecule has 1 aromatic heterocycles. The Labute approximate surface area is 172 Å². The van der Waals surface area contributed by atoms with Crippen molar-refractivity contribution in [1.82, 2.24) is 14.3 Å². The first-order valence-corrected chi connectivity index (χ1v) is 12.4. The van der Waals surface area contributed by atoms with Crippen LogP contribution in [-0.2, 0) is 14.8 Å². The molecule has 9 heteroatoms. The summed E-state index contributed by atoms with van der Waals surface area (Å²) in [5.41, 5.74) is 0. The van der Waals surface area contributed by atoms with E-state index >= 15 is 0 Å². The van der Waals surface area contributed by atoms with Gasteiger partial charge in [-0.15, -0.1) is 0 Å². The van der Waals surface area contributed by atoms with Crippen molar-refractivity contribution >= 4 is 27.6 Å². The summed E-state index contributed by atoms with van der Waals surface area (Å²) in [4.78, 5) is 10.9. The Hall–Kier alpha value is -0.960. The highest BCUT2D eigenvalue weighted by atomic mass is 35.5. The molecule has 2 aliphatic heterocycles. The molecule has 3 atom stereocenters. The average Bonchev–Trinajstić information content (AvgIpc) is 3.27. The lowest BCUT2D eigenvalue weighted by molar-refractivity contribution is 0.0582. The zero-order valence-corrected chi connectivity index (χ0v) is 17.9. The van der Waals surface area contributed by atoms with E-state index in [1.165, 1.54) is 29.8 Å². The van der Waals surface area contributed by atoms with Gasteiger partial charge in [-0.2, -0.15) is 4.31 Å². The van der Waals surface area contributed by atoms with E-state index in [-0.39, 0.29) is 6.10 Å². The Kier molecular flexibility index (Phi) is 6.11. The molecule has 1 aromatic rings. The predicted molar refractivity (Wildman–Crippen MR) is 109 cm³/mol. The second kappa shape index (κ2) is 8.42.